The molecule has 0 atom stereocenters. The predicted molar refractivity (Wildman–Crippen MR) is 142 cm³/mol. The van der Waals surface area contributed by atoms with Crippen molar-refractivity contribution >= 4 is 21.4 Å². The van der Waals surface area contributed by atoms with E-state index in [1.165, 1.54) is 12.3 Å². The van der Waals surface area contributed by atoms with Gasteiger partial charge in [0.05, 0.1) is 28.9 Å². The molecule has 0 saturated carbocycles. The summed E-state index contributed by atoms with van der Waals surface area (Å²) < 4.78 is 64.0. The van der Waals surface area contributed by atoms with E-state index in [1.807, 2.05) is 86.7 Å². The number of rotatable bonds is 5. The molecule has 2 heterocycles. The summed E-state index contributed by atoms with van der Waals surface area (Å²) in [6.07, 6.45) is -1.65. The monoisotopic (exact) mass is 541 g/mol. The lowest BCUT2D eigenvalue weighted by Crippen LogP contribution is -2.14. The number of pyridine rings is 2. The summed E-state index contributed by atoms with van der Waals surface area (Å²) in [5, 5.41) is 5.38. The Morgan fingerprint density at radius 2 is 1.39 bits per heavy atom. The Hall–Kier alpha value is -3.93. The van der Waals surface area contributed by atoms with Gasteiger partial charge in [-0.2, -0.15) is 13.2 Å². The molecule has 4 rings (SSSR count). The lowest BCUT2D eigenvalue weighted by Gasteiger charge is -2.12. The van der Waals surface area contributed by atoms with Gasteiger partial charge in [0.15, 0.2) is 0 Å². The molecular formula is C27H26F3N5O2S. The molecule has 0 spiro atoms. The van der Waals surface area contributed by atoms with Gasteiger partial charge in [0.2, 0.25) is 10.0 Å². The van der Waals surface area contributed by atoms with E-state index >= 15 is 0 Å². The van der Waals surface area contributed by atoms with Crippen LogP contribution >= 0.6 is 0 Å². The van der Waals surface area contributed by atoms with Crippen LogP contribution in [-0.2, 0) is 16.2 Å². The fraction of sp³-hybridized carbons (Fsp3) is 0.148. The molecule has 0 fully saturated rings. The Kier molecular flexibility index (Phi) is 9.10. The molecule has 11 heteroatoms. The number of alkyl halides is 3. The quantitative estimate of drug-likeness (QED) is 0.352. The zero-order valence-corrected chi connectivity index (χ0v) is 21.7. The third-order valence-electron chi connectivity index (χ3n) is 4.82. The van der Waals surface area contributed by atoms with Crippen molar-refractivity contribution in [1.82, 2.24) is 14.9 Å². The lowest BCUT2D eigenvalue weighted by atomic mass is 10.0. The van der Waals surface area contributed by atoms with Gasteiger partial charge < -0.3 is 4.90 Å². The summed E-state index contributed by atoms with van der Waals surface area (Å²) in [6, 6.07) is 20.4. The van der Waals surface area contributed by atoms with Gasteiger partial charge >= 0.3 is 6.18 Å². The van der Waals surface area contributed by atoms with Gasteiger partial charge in [-0.15, -0.1) is 0 Å². The van der Waals surface area contributed by atoms with Crippen LogP contribution in [0.25, 0.3) is 11.3 Å². The van der Waals surface area contributed by atoms with Crippen molar-refractivity contribution in [3.05, 3.63) is 108 Å². The predicted octanol–water partition coefficient (Wildman–Crippen LogP) is 5.16. The molecule has 7 nitrogen and oxygen atoms in total. The molecule has 198 valence electrons. The molecule has 0 aliphatic carbocycles. The maximum atomic E-state index is 13.1. The number of hydrogen-bond donors (Lipinski definition) is 1. The standard InChI is InChI=1S/C24H17F3N4O2S.C3H9N/c25-24(26,27)19-11-18(13-29-14-19)23-21(34(28,32)33)12-20(15-30-23)31-22(16-7-3-1-4-8-16)17-9-5-2-6-10-17;1-4(2)3/h1-15H,(H2,28,32,33);1-3H3. The summed E-state index contributed by atoms with van der Waals surface area (Å²) in [5.41, 5.74) is 0.841. The van der Waals surface area contributed by atoms with Crippen molar-refractivity contribution in [2.24, 2.45) is 10.1 Å². The van der Waals surface area contributed by atoms with Crippen LogP contribution in [0.1, 0.15) is 16.7 Å². The molecule has 2 aromatic carbocycles. The third kappa shape index (κ3) is 7.78. The summed E-state index contributed by atoms with van der Waals surface area (Å²) in [4.78, 5) is 13.8. The van der Waals surface area contributed by atoms with Crippen molar-refractivity contribution in [2.45, 2.75) is 11.1 Å². The van der Waals surface area contributed by atoms with Crippen LogP contribution in [0.4, 0.5) is 18.9 Å². The summed E-state index contributed by atoms with van der Waals surface area (Å²) >= 11 is 0. The molecule has 0 bridgehead atoms. The molecule has 0 saturated heterocycles. The first-order chi connectivity index (χ1) is 17.9. The molecular weight excluding hydrogens is 515 g/mol. The smallest absolute Gasteiger partial charge is 0.312 e. The van der Waals surface area contributed by atoms with E-state index in [0.717, 1.165) is 23.4 Å². The van der Waals surface area contributed by atoms with Gasteiger partial charge in [-0.25, -0.2) is 18.5 Å². The molecule has 38 heavy (non-hydrogen) atoms. The van der Waals surface area contributed by atoms with Crippen LogP contribution in [0.3, 0.4) is 0 Å². The second kappa shape index (κ2) is 12.1. The largest absolute Gasteiger partial charge is 0.417 e. The van der Waals surface area contributed by atoms with E-state index in [4.69, 9.17) is 5.14 Å². The molecule has 0 aliphatic heterocycles. The maximum Gasteiger partial charge on any atom is 0.417 e. The van der Waals surface area contributed by atoms with Gasteiger partial charge in [0.25, 0.3) is 0 Å². The number of sulfonamides is 1. The molecule has 0 unspecified atom stereocenters. The van der Waals surface area contributed by atoms with Crippen LogP contribution in [0.5, 0.6) is 0 Å². The minimum absolute atomic E-state index is 0.138. The van der Waals surface area contributed by atoms with Gasteiger partial charge in [-0.3, -0.25) is 9.97 Å². The number of benzene rings is 2. The average molecular weight is 542 g/mol. The Bertz CT molecular complexity index is 1460. The van der Waals surface area contributed by atoms with E-state index in [1.54, 1.807) is 0 Å². The number of halogens is 3. The Morgan fingerprint density at radius 3 is 1.87 bits per heavy atom. The maximum absolute atomic E-state index is 13.1. The molecule has 2 aromatic heterocycles. The van der Waals surface area contributed by atoms with Crippen LogP contribution in [0, 0.1) is 0 Å². The zero-order valence-electron chi connectivity index (χ0n) is 20.9. The SMILES string of the molecule is CN(C)C.NS(=O)(=O)c1cc(N=C(c2ccccc2)c2ccccc2)cnc1-c1cncc(C(F)(F)F)c1. The van der Waals surface area contributed by atoms with Gasteiger partial charge in [-0.1, -0.05) is 60.7 Å². The summed E-state index contributed by atoms with van der Waals surface area (Å²) in [6.45, 7) is 0. The second-order valence-corrected chi connectivity index (χ2v) is 10.1. The van der Waals surface area contributed by atoms with Crippen LogP contribution in [0.15, 0.2) is 101 Å². The van der Waals surface area contributed by atoms with Crippen molar-refractivity contribution < 1.29 is 21.6 Å². The highest BCUT2D eigenvalue weighted by Crippen LogP contribution is 2.33. The first kappa shape index (κ1) is 28.6. The molecule has 4 aromatic rings. The lowest BCUT2D eigenvalue weighted by molar-refractivity contribution is -0.137. The van der Waals surface area contributed by atoms with Crippen molar-refractivity contribution in [3.8, 4) is 11.3 Å². The third-order valence-corrected chi connectivity index (χ3v) is 5.74. The highest BCUT2D eigenvalue weighted by atomic mass is 32.2. The van der Waals surface area contributed by atoms with E-state index in [9.17, 15) is 21.6 Å². The average Bonchev–Trinajstić information content (AvgIpc) is 2.87. The Balaban J connectivity index is 0.000000934. The topological polar surface area (TPSA) is 102 Å². The van der Waals surface area contributed by atoms with Gasteiger partial charge in [-0.05, 0) is 33.3 Å². The highest BCUT2D eigenvalue weighted by molar-refractivity contribution is 7.89. The Labute approximate surface area is 219 Å². The highest BCUT2D eigenvalue weighted by Gasteiger charge is 2.31. The number of aliphatic imine (C=N–C) groups is 1. The molecule has 0 radical (unpaired) electrons. The van der Waals surface area contributed by atoms with E-state index < -0.39 is 26.7 Å². The number of nitrogens with two attached hydrogens (primary N) is 1. The number of primary sulfonamides is 1. The fourth-order valence-corrected chi connectivity index (χ4v) is 4.00. The first-order valence-electron chi connectivity index (χ1n) is 11.2. The van der Waals surface area contributed by atoms with Gasteiger partial charge in [0, 0.05) is 29.1 Å². The minimum Gasteiger partial charge on any atom is -0.312 e. The van der Waals surface area contributed by atoms with Crippen molar-refractivity contribution in [3.63, 3.8) is 0 Å². The van der Waals surface area contributed by atoms with Crippen LogP contribution < -0.4 is 5.14 Å². The molecule has 0 aliphatic rings. The first-order valence-corrected chi connectivity index (χ1v) is 12.8. The van der Waals surface area contributed by atoms with Crippen LogP contribution in [-0.4, -0.2) is 50.1 Å². The van der Waals surface area contributed by atoms with Gasteiger partial charge in [0.1, 0.15) is 4.90 Å². The minimum atomic E-state index is -4.66. The number of aromatic nitrogens is 2. The zero-order chi connectivity index (χ0) is 27.9. The van der Waals surface area contributed by atoms with Crippen molar-refractivity contribution in [2.75, 3.05) is 21.1 Å². The summed E-state index contributed by atoms with van der Waals surface area (Å²) in [5.74, 6) is 0. The van der Waals surface area contributed by atoms with E-state index in [0.29, 0.717) is 11.9 Å². The van der Waals surface area contributed by atoms with E-state index in [-0.39, 0.29) is 16.9 Å². The summed E-state index contributed by atoms with van der Waals surface area (Å²) in [7, 11) is 1.64. The van der Waals surface area contributed by atoms with Crippen molar-refractivity contribution in [1.29, 1.82) is 0 Å². The number of nitrogens with zero attached hydrogens (tertiary/aromatic N) is 4. The van der Waals surface area contributed by atoms with E-state index in [2.05, 4.69) is 15.0 Å². The molecule has 2 N–H and O–H groups in total. The second-order valence-electron chi connectivity index (χ2n) is 8.58. The number of hydrogen-bond acceptors (Lipinski definition) is 6. The van der Waals surface area contributed by atoms with Crippen LogP contribution in [0.2, 0.25) is 0 Å². The molecule has 0 amide bonds. The Morgan fingerprint density at radius 1 is 0.868 bits per heavy atom. The normalized spacial score (nSPS) is 11.5. The fourth-order valence-electron chi connectivity index (χ4n) is 3.27.